The second-order valence-corrected chi connectivity index (χ2v) is 8.96. The van der Waals surface area contributed by atoms with E-state index < -0.39 is 12.0 Å². The molecule has 0 radical (unpaired) electrons. The lowest BCUT2D eigenvalue weighted by molar-refractivity contribution is -0.139. The van der Waals surface area contributed by atoms with Crippen LogP contribution in [-0.4, -0.2) is 37.5 Å². The van der Waals surface area contributed by atoms with Crippen molar-refractivity contribution < 1.29 is 23.7 Å². The molecule has 0 spiro atoms. The SMILES string of the molecule is CCOC(=O)C1=C(C)N=c2s/c(=C/c3ccc4c(c3)OCCO4)c(=O)n2C1c1ccccc1OC. The smallest absolute Gasteiger partial charge is 0.338 e. The van der Waals surface area contributed by atoms with Gasteiger partial charge in [-0.3, -0.25) is 9.36 Å². The molecular weight excluding hydrogens is 468 g/mol. The summed E-state index contributed by atoms with van der Waals surface area (Å²) in [5.74, 6) is 1.38. The zero-order valence-electron chi connectivity index (χ0n) is 19.6. The molecule has 5 rings (SSSR count). The molecule has 0 N–H and O–H groups in total. The summed E-state index contributed by atoms with van der Waals surface area (Å²) in [5.41, 5.74) is 2.05. The highest BCUT2D eigenvalue weighted by Crippen LogP contribution is 2.35. The Hall–Kier alpha value is -3.85. The molecule has 2 aliphatic rings. The standard InChI is InChI=1S/C26H24N2O6S/c1-4-32-25(30)22-15(2)27-26-28(23(22)17-7-5-6-8-18(17)31-3)24(29)21(35-26)14-16-9-10-19-20(13-16)34-12-11-33-19/h5-10,13-14,23H,4,11-12H2,1-3H3/b21-14+. The van der Waals surface area contributed by atoms with Crippen LogP contribution in [0.4, 0.5) is 0 Å². The van der Waals surface area contributed by atoms with Gasteiger partial charge in [0, 0.05) is 5.56 Å². The third kappa shape index (κ3) is 4.12. The number of aromatic nitrogens is 1. The van der Waals surface area contributed by atoms with Gasteiger partial charge < -0.3 is 18.9 Å². The zero-order valence-corrected chi connectivity index (χ0v) is 20.4. The van der Waals surface area contributed by atoms with E-state index >= 15 is 0 Å². The van der Waals surface area contributed by atoms with Crippen LogP contribution in [0, 0.1) is 0 Å². The lowest BCUT2D eigenvalue weighted by atomic mass is 9.95. The third-order valence-corrected chi connectivity index (χ3v) is 6.80. The lowest BCUT2D eigenvalue weighted by Gasteiger charge is -2.25. The van der Waals surface area contributed by atoms with E-state index in [1.807, 2.05) is 36.4 Å². The molecule has 0 amide bonds. The van der Waals surface area contributed by atoms with Crippen molar-refractivity contribution in [3.63, 3.8) is 0 Å². The van der Waals surface area contributed by atoms with Crippen molar-refractivity contribution in [2.45, 2.75) is 19.9 Å². The summed E-state index contributed by atoms with van der Waals surface area (Å²) in [7, 11) is 1.56. The van der Waals surface area contributed by atoms with E-state index in [-0.39, 0.29) is 12.2 Å². The van der Waals surface area contributed by atoms with Gasteiger partial charge in [-0.1, -0.05) is 35.6 Å². The molecule has 1 unspecified atom stereocenters. The molecule has 180 valence electrons. The van der Waals surface area contributed by atoms with Gasteiger partial charge in [0.05, 0.1) is 29.5 Å². The van der Waals surface area contributed by atoms with Gasteiger partial charge in [0.1, 0.15) is 25.0 Å². The van der Waals surface area contributed by atoms with Crippen LogP contribution in [-0.2, 0) is 9.53 Å². The van der Waals surface area contributed by atoms with Crippen molar-refractivity contribution in [1.29, 1.82) is 0 Å². The fraction of sp³-hybridized carbons (Fsp3) is 0.269. The number of carbonyl (C=O) groups excluding carboxylic acids is 1. The van der Waals surface area contributed by atoms with Gasteiger partial charge in [0.15, 0.2) is 16.3 Å². The summed E-state index contributed by atoms with van der Waals surface area (Å²) in [6, 6.07) is 12.2. The minimum absolute atomic E-state index is 0.211. The number of hydrogen-bond donors (Lipinski definition) is 0. The summed E-state index contributed by atoms with van der Waals surface area (Å²) in [4.78, 5) is 31.9. The average molecular weight is 493 g/mol. The molecule has 2 aliphatic heterocycles. The van der Waals surface area contributed by atoms with Gasteiger partial charge in [-0.25, -0.2) is 9.79 Å². The van der Waals surface area contributed by atoms with Gasteiger partial charge >= 0.3 is 5.97 Å². The van der Waals surface area contributed by atoms with E-state index in [0.29, 0.717) is 56.6 Å². The number of thiazole rings is 1. The molecule has 3 heterocycles. The number of nitrogens with zero attached hydrogens (tertiary/aromatic N) is 2. The Morgan fingerprint density at radius 3 is 2.74 bits per heavy atom. The monoisotopic (exact) mass is 492 g/mol. The highest BCUT2D eigenvalue weighted by Gasteiger charge is 2.34. The lowest BCUT2D eigenvalue weighted by Crippen LogP contribution is -2.40. The molecule has 1 aromatic heterocycles. The molecule has 0 saturated heterocycles. The summed E-state index contributed by atoms with van der Waals surface area (Å²) in [5, 5.41) is 0. The number of ether oxygens (including phenoxy) is 4. The fourth-order valence-corrected chi connectivity index (χ4v) is 5.33. The first-order valence-electron chi connectivity index (χ1n) is 11.2. The van der Waals surface area contributed by atoms with Gasteiger partial charge in [-0.2, -0.15) is 0 Å². The maximum Gasteiger partial charge on any atom is 0.338 e. The van der Waals surface area contributed by atoms with Gasteiger partial charge in [0.2, 0.25) is 0 Å². The topological polar surface area (TPSA) is 88.4 Å². The van der Waals surface area contributed by atoms with E-state index in [1.165, 1.54) is 11.3 Å². The first-order chi connectivity index (χ1) is 17.0. The van der Waals surface area contributed by atoms with Crippen molar-refractivity contribution in [2.75, 3.05) is 26.9 Å². The van der Waals surface area contributed by atoms with Crippen molar-refractivity contribution >= 4 is 23.4 Å². The van der Waals surface area contributed by atoms with Gasteiger partial charge in [-0.05, 0) is 43.7 Å². The Balaban J connectivity index is 1.70. The second kappa shape index (κ2) is 9.42. The van der Waals surface area contributed by atoms with Crippen LogP contribution >= 0.6 is 11.3 Å². The molecule has 9 heteroatoms. The second-order valence-electron chi connectivity index (χ2n) is 7.95. The van der Waals surface area contributed by atoms with Crippen LogP contribution in [0.2, 0.25) is 0 Å². The minimum Gasteiger partial charge on any atom is -0.496 e. The molecule has 0 saturated carbocycles. The quantitative estimate of drug-likeness (QED) is 0.509. The Labute approximate surface area is 205 Å². The molecule has 1 atom stereocenters. The number of allylic oxidation sites excluding steroid dienone is 1. The highest BCUT2D eigenvalue weighted by molar-refractivity contribution is 7.07. The summed E-state index contributed by atoms with van der Waals surface area (Å²) in [6.07, 6.45) is 1.80. The van der Waals surface area contributed by atoms with Crippen LogP contribution in [0.1, 0.15) is 31.0 Å². The minimum atomic E-state index is -0.733. The third-order valence-electron chi connectivity index (χ3n) is 5.81. The Bertz CT molecular complexity index is 1520. The molecule has 3 aromatic rings. The molecule has 35 heavy (non-hydrogen) atoms. The van der Waals surface area contributed by atoms with E-state index in [2.05, 4.69) is 4.99 Å². The van der Waals surface area contributed by atoms with Crippen LogP contribution in [0.3, 0.4) is 0 Å². The molecule has 2 aromatic carbocycles. The van der Waals surface area contributed by atoms with Crippen LogP contribution < -0.4 is 29.1 Å². The maximum absolute atomic E-state index is 13.7. The zero-order chi connectivity index (χ0) is 24.5. The number of rotatable bonds is 5. The van der Waals surface area contributed by atoms with Crippen molar-refractivity contribution in [1.82, 2.24) is 4.57 Å². The largest absolute Gasteiger partial charge is 0.496 e. The predicted octanol–water partition coefficient (Wildman–Crippen LogP) is 2.58. The van der Waals surface area contributed by atoms with E-state index in [9.17, 15) is 9.59 Å². The van der Waals surface area contributed by atoms with Crippen LogP contribution in [0.5, 0.6) is 17.2 Å². The molecular formula is C26H24N2O6S. The first kappa shape index (κ1) is 22.9. The van der Waals surface area contributed by atoms with Crippen molar-refractivity contribution in [3.8, 4) is 17.2 Å². The summed E-state index contributed by atoms with van der Waals surface area (Å²) < 4.78 is 24.2. The predicted molar refractivity (Wildman–Crippen MR) is 131 cm³/mol. The molecule has 0 fully saturated rings. The van der Waals surface area contributed by atoms with Crippen molar-refractivity contribution in [2.24, 2.45) is 4.99 Å². The maximum atomic E-state index is 13.7. The number of methoxy groups -OCH3 is 1. The number of hydrogen-bond acceptors (Lipinski definition) is 8. The Morgan fingerprint density at radius 1 is 1.20 bits per heavy atom. The van der Waals surface area contributed by atoms with E-state index in [1.54, 1.807) is 37.7 Å². The summed E-state index contributed by atoms with van der Waals surface area (Å²) in [6.45, 7) is 4.70. The Kier molecular flexibility index (Phi) is 6.17. The number of benzene rings is 2. The van der Waals surface area contributed by atoms with E-state index in [0.717, 1.165) is 5.56 Å². The van der Waals surface area contributed by atoms with Gasteiger partial charge in [-0.15, -0.1) is 0 Å². The molecule has 0 bridgehead atoms. The highest BCUT2D eigenvalue weighted by atomic mass is 32.1. The molecule has 8 nitrogen and oxygen atoms in total. The summed E-state index contributed by atoms with van der Waals surface area (Å²) >= 11 is 1.27. The van der Waals surface area contributed by atoms with Crippen molar-refractivity contribution in [3.05, 3.63) is 84.5 Å². The Morgan fingerprint density at radius 2 is 1.97 bits per heavy atom. The van der Waals surface area contributed by atoms with Crippen LogP contribution in [0.15, 0.2) is 63.5 Å². The van der Waals surface area contributed by atoms with Gasteiger partial charge in [0.25, 0.3) is 5.56 Å². The number of esters is 1. The van der Waals surface area contributed by atoms with Crippen LogP contribution in [0.25, 0.3) is 6.08 Å². The average Bonchev–Trinajstić information content (AvgIpc) is 3.17. The fourth-order valence-electron chi connectivity index (χ4n) is 4.28. The normalized spacial score (nSPS) is 17.0. The first-order valence-corrected chi connectivity index (χ1v) is 12.1. The number of para-hydroxylation sites is 1. The number of carbonyl (C=O) groups is 1. The molecule has 0 aliphatic carbocycles. The van der Waals surface area contributed by atoms with E-state index in [4.69, 9.17) is 18.9 Å². The number of fused-ring (bicyclic) bond motifs is 2.